The highest BCUT2D eigenvalue weighted by Gasteiger charge is 2.30. The Bertz CT molecular complexity index is 592. The highest BCUT2D eigenvalue weighted by molar-refractivity contribution is 5.53. The topological polar surface area (TPSA) is 58.9 Å². The van der Waals surface area contributed by atoms with E-state index < -0.39 is 5.41 Å². The molecule has 0 aromatic heterocycles. The predicted molar refractivity (Wildman–Crippen MR) is 81.4 cm³/mol. The summed E-state index contributed by atoms with van der Waals surface area (Å²) >= 11 is 0. The number of ether oxygens (including phenoxy) is 2. The van der Waals surface area contributed by atoms with E-state index >= 15 is 0 Å². The van der Waals surface area contributed by atoms with Crippen LogP contribution < -0.4 is 9.47 Å². The zero-order valence-corrected chi connectivity index (χ0v) is 12.7. The van der Waals surface area contributed by atoms with Gasteiger partial charge in [0.2, 0.25) is 0 Å². The van der Waals surface area contributed by atoms with Crippen LogP contribution in [0.4, 0.5) is 0 Å². The maximum absolute atomic E-state index is 9.60. The summed E-state index contributed by atoms with van der Waals surface area (Å²) in [5.74, 6) is 1.53. The molecule has 0 radical (unpaired) electrons. The predicted octanol–water partition coefficient (Wildman–Crippen LogP) is 3.44. The number of hydrogen-bond donors (Lipinski definition) is 2. The van der Waals surface area contributed by atoms with Crippen molar-refractivity contribution in [2.45, 2.75) is 19.3 Å². The van der Waals surface area contributed by atoms with E-state index in [4.69, 9.17) is 9.47 Å². The molecular weight excluding hydrogens is 268 g/mol. The molecule has 0 unspecified atom stereocenters. The number of benzene rings is 2. The summed E-state index contributed by atoms with van der Waals surface area (Å²) < 4.78 is 10.8. The number of hydrogen-bond acceptors (Lipinski definition) is 4. The normalized spacial score (nSPS) is 11.2. The van der Waals surface area contributed by atoms with E-state index in [9.17, 15) is 10.2 Å². The fourth-order valence-electron chi connectivity index (χ4n) is 2.54. The molecule has 2 rings (SSSR count). The van der Waals surface area contributed by atoms with Gasteiger partial charge in [0, 0.05) is 28.7 Å². The van der Waals surface area contributed by atoms with Gasteiger partial charge in [-0.3, -0.25) is 0 Å². The molecule has 0 fully saturated rings. The third kappa shape index (κ3) is 2.75. The third-order valence-corrected chi connectivity index (χ3v) is 3.72. The van der Waals surface area contributed by atoms with Crippen molar-refractivity contribution < 1.29 is 19.7 Å². The van der Waals surface area contributed by atoms with Crippen molar-refractivity contribution in [1.29, 1.82) is 0 Å². The number of rotatable bonds is 4. The highest BCUT2D eigenvalue weighted by Crippen LogP contribution is 2.43. The van der Waals surface area contributed by atoms with Crippen LogP contribution >= 0.6 is 0 Å². The van der Waals surface area contributed by atoms with Gasteiger partial charge >= 0.3 is 0 Å². The Morgan fingerprint density at radius 3 is 1.48 bits per heavy atom. The zero-order valence-electron chi connectivity index (χ0n) is 12.7. The van der Waals surface area contributed by atoms with Crippen molar-refractivity contribution in [2.75, 3.05) is 14.2 Å². The largest absolute Gasteiger partial charge is 0.508 e. The molecule has 2 aromatic carbocycles. The van der Waals surface area contributed by atoms with Crippen molar-refractivity contribution in [3.05, 3.63) is 47.5 Å². The van der Waals surface area contributed by atoms with Crippen LogP contribution in [0.2, 0.25) is 0 Å². The Hall–Kier alpha value is -2.36. The SMILES string of the molecule is COc1cc(O)ccc1C(C)(C)c1ccc(O)cc1OC. The highest BCUT2D eigenvalue weighted by atomic mass is 16.5. The van der Waals surface area contributed by atoms with Crippen LogP contribution in [0, 0.1) is 0 Å². The molecule has 0 heterocycles. The molecule has 0 spiro atoms. The molecule has 4 nitrogen and oxygen atoms in total. The van der Waals surface area contributed by atoms with Crippen molar-refractivity contribution >= 4 is 0 Å². The summed E-state index contributed by atoms with van der Waals surface area (Å²) in [5.41, 5.74) is 1.43. The number of phenols is 2. The van der Waals surface area contributed by atoms with Gasteiger partial charge in [-0.2, -0.15) is 0 Å². The Balaban J connectivity index is 2.61. The Morgan fingerprint density at radius 2 is 1.14 bits per heavy atom. The van der Waals surface area contributed by atoms with Crippen LogP contribution in [-0.4, -0.2) is 24.4 Å². The van der Waals surface area contributed by atoms with E-state index in [1.165, 1.54) is 0 Å². The van der Waals surface area contributed by atoms with Gasteiger partial charge in [0.15, 0.2) is 0 Å². The minimum Gasteiger partial charge on any atom is -0.508 e. The summed E-state index contributed by atoms with van der Waals surface area (Å²) in [6.45, 7) is 4.08. The summed E-state index contributed by atoms with van der Waals surface area (Å²) in [6.07, 6.45) is 0. The molecule has 0 aliphatic carbocycles. The standard InChI is InChI=1S/C17H20O4/c1-17(2,13-7-5-11(18)9-15(13)20-3)14-8-6-12(19)10-16(14)21-4/h5-10,18-19H,1-4H3. The van der Waals surface area contributed by atoms with Crippen LogP contribution in [0.3, 0.4) is 0 Å². The average molecular weight is 288 g/mol. The number of aromatic hydroxyl groups is 2. The van der Waals surface area contributed by atoms with Gasteiger partial charge < -0.3 is 19.7 Å². The summed E-state index contributed by atoms with van der Waals surface area (Å²) in [4.78, 5) is 0. The molecular formula is C17H20O4. The molecule has 21 heavy (non-hydrogen) atoms. The van der Waals surface area contributed by atoms with Gasteiger partial charge in [0.25, 0.3) is 0 Å². The lowest BCUT2D eigenvalue weighted by molar-refractivity contribution is 0.382. The molecule has 112 valence electrons. The second-order valence-electron chi connectivity index (χ2n) is 5.39. The average Bonchev–Trinajstić information content (AvgIpc) is 2.46. The lowest BCUT2D eigenvalue weighted by Crippen LogP contribution is -2.20. The molecule has 0 bridgehead atoms. The minimum atomic E-state index is -0.419. The molecule has 4 heteroatoms. The Kier molecular flexibility index (Phi) is 3.98. The van der Waals surface area contributed by atoms with E-state index in [-0.39, 0.29) is 11.5 Å². The maximum atomic E-state index is 9.60. The Labute approximate surface area is 124 Å². The first-order valence-corrected chi connectivity index (χ1v) is 6.65. The molecule has 0 aliphatic heterocycles. The fraction of sp³-hybridized carbons (Fsp3) is 0.294. The second-order valence-corrected chi connectivity index (χ2v) is 5.39. The monoisotopic (exact) mass is 288 g/mol. The van der Waals surface area contributed by atoms with Crippen LogP contribution in [0.25, 0.3) is 0 Å². The van der Waals surface area contributed by atoms with E-state index in [2.05, 4.69) is 0 Å². The molecule has 0 saturated heterocycles. The van der Waals surface area contributed by atoms with Gasteiger partial charge in [-0.15, -0.1) is 0 Å². The molecule has 0 amide bonds. The summed E-state index contributed by atoms with van der Waals surface area (Å²) in [7, 11) is 3.14. The summed E-state index contributed by atoms with van der Waals surface area (Å²) in [5, 5.41) is 19.2. The molecule has 0 atom stereocenters. The first-order valence-electron chi connectivity index (χ1n) is 6.65. The molecule has 2 aromatic rings. The number of phenolic OH excluding ortho intramolecular Hbond substituents is 2. The lowest BCUT2D eigenvalue weighted by Gasteiger charge is -2.29. The molecule has 0 aliphatic rings. The van der Waals surface area contributed by atoms with Gasteiger partial charge in [-0.05, 0) is 12.1 Å². The van der Waals surface area contributed by atoms with Gasteiger partial charge in [0.1, 0.15) is 23.0 Å². The first-order chi connectivity index (χ1) is 9.90. The lowest BCUT2D eigenvalue weighted by atomic mass is 9.77. The molecule has 2 N–H and O–H groups in total. The van der Waals surface area contributed by atoms with Crippen LogP contribution in [0.1, 0.15) is 25.0 Å². The molecule has 0 saturated carbocycles. The van der Waals surface area contributed by atoms with Crippen molar-refractivity contribution in [3.63, 3.8) is 0 Å². The van der Waals surface area contributed by atoms with Crippen molar-refractivity contribution in [3.8, 4) is 23.0 Å². The summed E-state index contributed by atoms with van der Waals surface area (Å²) in [6, 6.07) is 10.1. The fourth-order valence-corrected chi connectivity index (χ4v) is 2.54. The van der Waals surface area contributed by atoms with Crippen LogP contribution in [0.5, 0.6) is 23.0 Å². The zero-order chi connectivity index (χ0) is 15.6. The van der Waals surface area contributed by atoms with E-state index in [1.54, 1.807) is 38.5 Å². The van der Waals surface area contributed by atoms with Crippen molar-refractivity contribution in [1.82, 2.24) is 0 Å². The van der Waals surface area contributed by atoms with Gasteiger partial charge in [-0.1, -0.05) is 26.0 Å². The van der Waals surface area contributed by atoms with Gasteiger partial charge in [-0.25, -0.2) is 0 Å². The minimum absolute atomic E-state index is 0.157. The van der Waals surface area contributed by atoms with E-state index in [0.717, 1.165) is 11.1 Å². The van der Waals surface area contributed by atoms with E-state index in [1.807, 2.05) is 26.0 Å². The van der Waals surface area contributed by atoms with Crippen LogP contribution in [-0.2, 0) is 5.41 Å². The third-order valence-electron chi connectivity index (χ3n) is 3.72. The quantitative estimate of drug-likeness (QED) is 0.904. The second kappa shape index (κ2) is 5.56. The van der Waals surface area contributed by atoms with Crippen molar-refractivity contribution in [2.24, 2.45) is 0 Å². The van der Waals surface area contributed by atoms with Gasteiger partial charge in [0.05, 0.1) is 14.2 Å². The number of methoxy groups -OCH3 is 2. The smallest absolute Gasteiger partial charge is 0.126 e. The maximum Gasteiger partial charge on any atom is 0.126 e. The van der Waals surface area contributed by atoms with Crippen LogP contribution in [0.15, 0.2) is 36.4 Å². The van der Waals surface area contributed by atoms with E-state index in [0.29, 0.717) is 11.5 Å². The Morgan fingerprint density at radius 1 is 0.762 bits per heavy atom. The first kappa shape index (κ1) is 15.0.